The van der Waals surface area contributed by atoms with Crippen molar-refractivity contribution >= 4 is 34.6 Å². The molecule has 0 aliphatic heterocycles. The zero-order chi connectivity index (χ0) is 23.4. The van der Waals surface area contributed by atoms with E-state index in [1.807, 2.05) is 36.4 Å². The van der Waals surface area contributed by atoms with Gasteiger partial charge in [-0.2, -0.15) is 9.78 Å². The number of rotatable bonds is 7. The molecule has 1 aromatic heterocycles. The van der Waals surface area contributed by atoms with Gasteiger partial charge in [-0.15, -0.1) is 0 Å². The molecule has 0 atom stereocenters. The summed E-state index contributed by atoms with van der Waals surface area (Å²) in [4.78, 5) is 28.9. The van der Waals surface area contributed by atoms with Crippen LogP contribution < -0.4 is 20.8 Å². The van der Waals surface area contributed by atoms with Crippen LogP contribution in [0, 0.1) is 0 Å². The highest BCUT2D eigenvalue weighted by molar-refractivity contribution is 6.32. The Kier molecular flexibility index (Phi) is 6.37. The Morgan fingerprint density at radius 1 is 1.15 bits per heavy atom. The van der Waals surface area contributed by atoms with Crippen molar-refractivity contribution in [3.8, 4) is 22.9 Å². The molecule has 0 saturated carbocycles. The summed E-state index contributed by atoms with van der Waals surface area (Å²) in [5, 5.41) is 5.05. The monoisotopic (exact) mass is 462 g/mol. The zero-order valence-corrected chi connectivity index (χ0v) is 18.3. The fourth-order valence-electron chi connectivity index (χ4n) is 3.23. The van der Waals surface area contributed by atoms with Crippen LogP contribution in [0.4, 0.5) is 0 Å². The topological polar surface area (TPSA) is 109 Å². The molecule has 1 amide bonds. The molecule has 0 unspecified atom stereocenters. The predicted molar refractivity (Wildman–Crippen MR) is 127 cm³/mol. The SMILES string of the molecule is COc1cc(C=Nn2c(-c3ccccc3)nc3ccccc3c2=O)cc(Cl)c1OCC(N)=O. The molecule has 33 heavy (non-hydrogen) atoms. The number of benzene rings is 3. The molecule has 0 aliphatic carbocycles. The summed E-state index contributed by atoms with van der Waals surface area (Å²) in [5.41, 5.74) is 6.68. The van der Waals surface area contributed by atoms with Crippen LogP contribution >= 0.6 is 11.6 Å². The lowest BCUT2D eigenvalue weighted by molar-refractivity contribution is -0.119. The van der Waals surface area contributed by atoms with E-state index in [2.05, 4.69) is 10.1 Å². The molecular weight excluding hydrogens is 444 g/mol. The van der Waals surface area contributed by atoms with E-state index in [1.54, 1.807) is 30.3 Å². The second-order valence-corrected chi connectivity index (χ2v) is 7.38. The van der Waals surface area contributed by atoms with Crippen molar-refractivity contribution in [2.45, 2.75) is 0 Å². The summed E-state index contributed by atoms with van der Waals surface area (Å²) in [5.74, 6) is 0.229. The summed E-state index contributed by atoms with van der Waals surface area (Å²) in [7, 11) is 1.44. The van der Waals surface area contributed by atoms with E-state index >= 15 is 0 Å². The maximum absolute atomic E-state index is 13.2. The van der Waals surface area contributed by atoms with Crippen LogP contribution in [0.3, 0.4) is 0 Å². The van der Waals surface area contributed by atoms with Crippen molar-refractivity contribution in [2.24, 2.45) is 10.8 Å². The summed E-state index contributed by atoms with van der Waals surface area (Å²) >= 11 is 6.32. The molecule has 4 rings (SSSR count). The summed E-state index contributed by atoms with van der Waals surface area (Å²) in [6, 6.07) is 19.6. The zero-order valence-electron chi connectivity index (χ0n) is 17.6. The molecular formula is C24H19ClN4O4. The standard InChI is InChI=1S/C24H19ClN4O4/c1-32-20-12-15(11-18(25)22(20)33-14-21(26)30)13-27-29-23(16-7-3-2-4-8-16)28-19-10-6-5-9-17(19)24(29)31/h2-13H,14H2,1H3,(H2,26,30). The first-order chi connectivity index (χ1) is 16.0. The summed E-state index contributed by atoms with van der Waals surface area (Å²) in [6.45, 7) is -0.345. The predicted octanol–water partition coefficient (Wildman–Crippen LogP) is 3.47. The van der Waals surface area contributed by atoms with Crippen LogP contribution in [0.5, 0.6) is 11.5 Å². The van der Waals surface area contributed by atoms with E-state index in [9.17, 15) is 9.59 Å². The molecule has 0 fully saturated rings. The van der Waals surface area contributed by atoms with Gasteiger partial charge < -0.3 is 15.2 Å². The van der Waals surface area contributed by atoms with Gasteiger partial charge in [-0.25, -0.2) is 4.98 Å². The molecule has 8 nitrogen and oxygen atoms in total. The highest BCUT2D eigenvalue weighted by Crippen LogP contribution is 2.36. The molecule has 0 spiro atoms. The van der Waals surface area contributed by atoms with E-state index in [0.29, 0.717) is 22.3 Å². The van der Waals surface area contributed by atoms with Crippen molar-refractivity contribution in [3.63, 3.8) is 0 Å². The molecule has 0 radical (unpaired) electrons. The Bertz CT molecular complexity index is 1420. The highest BCUT2D eigenvalue weighted by Gasteiger charge is 2.14. The Hall–Kier alpha value is -4.17. The molecule has 9 heteroatoms. The van der Waals surface area contributed by atoms with Gasteiger partial charge in [0, 0.05) is 5.56 Å². The van der Waals surface area contributed by atoms with Gasteiger partial charge in [-0.05, 0) is 29.8 Å². The average Bonchev–Trinajstić information content (AvgIpc) is 2.82. The number of amides is 1. The van der Waals surface area contributed by atoms with Crippen molar-refractivity contribution in [2.75, 3.05) is 13.7 Å². The van der Waals surface area contributed by atoms with Gasteiger partial charge in [-0.1, -0.05) is 54.1 Å². The van der Waals surface area contributed by atoms with Crippen LogP contribution in [-0.4, -0.2) is 35.5 Å². The number of ether oxygens (including phenoxy) is 2. The molecule has 1 heterocycles. The van der Waals surface area contributed by atoms with Gasteiger partial charge >= 0.3 is 0 Å². The molecule has 0 bridgehead atoms. The van der Waals surface area contributed by atoms with Crippen LogP contribution in [-0.2, 0) is 4.79 Å². The van der Waals surface area contributed by atoms with Gasteiger partial charge in [-0.3, -0.25) is 9.59 Å². The number of para-hydroxylation sites is 1. The molecule has 4 aromatic rings. The fourth-order valence-corrected chi connectivity index (χ4v) is 3.50. The number of primary amides is 1. The molecule has 3 aromatic carbocycles. The number of halogens is 1. The van der Waals surface area contributed by atoms with Crippen LogP contribution in [0.25, 0.3) is 22.3 Å². The molecule has 0 aliphatic rings. The van der Waals surface area contributed by atoms with E-state index in [0.717, 1.165) is 5.56 Å². The number of nitrogens with zero attached hydrogens (tertiary/aromatic N) is 3. The van der Waals surface area contributed by atoms with Crippen LogP contribution in [0.1, 0.15) is 5.56 Å². The number of fused-ring (bicyclic) bond motifs is 1. The van der Waals surface area contributed by atoms with E-state index in [4.69, 9.17) is 26.8 Å². The number of aromatic nitrogens is 2. The van der Waals surface area contributed by atoms with Gasteiger partial charge in [0.05, 0.1) is 29.2 Å². The van der Waals surface area contributed by atoms with Gasteiger partial charge in [0.25, 0.3) is 11.5 Å². The largest absolute Gasteiger partial charge is 0.493 e. The van der Waals surface area contributed by atoms with E-state index in [1.165, 1.54) is 18.0 Å². The van der Waals surface area contributed by atoms with Crippen LogP contribution in [0.15, 0.2) is 76.6 Å². The Morgan fingerprint density at radius 3 is 2.61 bits per heavy atom. The number of hydrogen-bond acceptors (Lipinski definition) is 6. The van der Waals surface area contributed by atoms with Crippen molar-refractivity contribution < 1.29 is 14.3 Å². The van der Waals surface area contributed by atoms with E-state index in [-0.39, 0.29) is 28.7 Å². The summed E-state index contributed by atoms with van der Waals surface area (Å²) in [6.07, 6.45) is 1.47. The Morgan fingerprint density at radius 2 is 1.88 bits per heavy atom. The van der Waals surface area contributed by atoms with Crippen molar-refractivity contribution in [1.82, 2.24) is 9.66 Å². The quantitative estimate of drug-likeness (QED) is 0.423. The first-order valence-electron chi connectivity index (χ1n) is 9.88. The van der Waals surface area contributed by atoms with Crippen LogP contribution in [0.2, 0.25) is 5.02 Å². The third kappa shape index (κ3) is 4.70. The molecule has 166 valence electrons. The minimum Gasteiger partial charge on any atom is -0.493 e. The second-order valence-electron chi connectivity index (χ2n) is 6.97. The first-order valence-corrected chi connectivity index (χ1v) is 10.3. The third-order valence-electron chi connectivity index (χ3n) is 4.72. The minimum absolute atomic E-state index is 0.185. The number of carbonyl (C=O) groups is 1. The maximum atomic E-state index is 13.2. The van der Waals surface area contributed by atoms with Crippen molar-refractivity contribution in [3.05, 3.63) is 87.7 Å². The highest BCUT2D eigenvalue weighted by atomic mass is 35.5. The van der Waals surface area contributed by atoms with Crippen molar-refractivity contribution in [1.29, 1.82) is 0 Å². The lowest BCUT2D eigenvalue weighted by Gasteiger charge is -2.12. The lowest BCUT2D eigenvalue weighted by Crippen LogP contribution is -2.20. The lowest BCUT2D eigenvalue weighted by atomic mass is 10.2. The smallest absolute Gasteiger partial charge is 0.282 e. The number of methoxy groups -OCH3 is 1. The number of carbonyl (C=O) groups excluding carboxylic acids is 1. The van der Waals surface area contributed by atoms with Gasteiger partial charge in [0.2, 0.25) is 0 Å². The minimum atomic E-state index is -0.643. The number of nitrogens with two attached hydrogens (primary N) is 1. The average molecular weight is 463 g/mol. The normalized spacial score (nSPS) is 11.1. The van der Waals surface area contributed by atoms with E-state index < -0.39 is 5.91 Å². The third-order valence-corrected chi connectivity index (χ3v) is 5.00. The summed E-state index contributed by atoms with van der Waals surface area (Å²) < 4.78 is 11.9. The Balaban J connectivity index is 1.81. The molecule has 2 N–H and O–H groups in total. The number of hydrogen-bond donors (Lipinski definition) is 1. The van der Waals surface area contributed by atoms with Gasteiger partial charge in [0.1, 0.15) is 0 Å². The second kappa shape index (κ2) is 9.54. The first kappa shape index (κ1) is 22.0. The Labute approximate surface area is 193 Å². The maximum Gasteiger partial charge on any atom is 0.282 e. The molecule has 0 saturated heterocycles. The fraction of sp³-hybridized carbons (Fsp3) is 0.0833. The van der Waals surface area contributed by atoms with Gasteiger partial charge in [0.15, 0.2) is 23.9 Å².